The number of fused-ring (bicyclic) bond motifs is 2. The number of benzene rings is 1. The number of hydrogen-bond acceptors (Lipinski definition) is 3. The molecule has 0 aromatic heterocycles. The minimum Gasteiger partial charge on any atom is -0.406 e. The van der Waals surface area contributed by atoms with E-state index >= 15 is 0 Å². The molecule has 2 N–H and O–H groups in total. The lowest BCUT2D eigenvalue weighted by atomic mass is 9.98. The Hall–Kier alpha value is -1.67. The summed E-state index contributed by atoms with van der Waals surface area (Å²) in [7, 11) is 2.13. The largest absolute Gasteiger partial charge is 0.573 e. The Morgan fingerprint density at radius 2 is 1.72 bits per heavy atom. The molecule has 2 amide bonds. The summed E-state index contributed by atoms with van der Waals surface area (Å²) >= 11 is 0. The molecule has 0 saturated carbocycles. The second-order valence-electron chi connectivity index (χ2n) is 6.39. The molecule has 25 heavy (non-hydrogen) atoms. The van der Waals surface area contributed by atoms with Crippen LogP contribution in [0.2, 0.25) is 0 Å². The van der Waals surface area contributed by atoms with Crippen LogP contribution >= 0.6 is 12.4 Å². The Morgan fingerprint density at radius 3 is 2.24 bits per heavy atom. The van der Waals surface area contributed by atoms with Gasteiger partial charge in [-0.05, 0) is 57.0 Å². The van der Waals surface area contributed by atoms with Crippen molar-refractivity contribution in [3.05, 3.63) is 24.3 Å². The number of carbonyl (C=O) groups excluding carboxylic acids is 1. The molecule has 9 heteroatoms. The van der Waals surface area contributed by atoms with Gasteiger partial charge in [0.1, 0.15) is 5.75 Å². The van der Waals surface area contributed by atoms with Crippen molar-refractivity contribution in [3.63, 3.8) is 0 Å². The molecule has 2 aliphatic heterocycles. The molecule has 2 bridgehead atoms. The van der Waals surface area contributed by atoms with Crippen LogP contribution in [0.1, 0.15) is 25.7 Å². The third kappa shape index (κ3) is 5.15. The first-order valence-corrected chi connectivity index (χ1v) is 7.95. The molecule has 2 heterocycles. The fourth-order valence-electron chi connectivity index (χ4n) is 3.62. The summed E-state index contributed by atoms with van der Waals surface area (Å²) in [5.74, 6) is -0.319. The minimum absolute atomic E-state index is 0. The zero-order chi connectivity index (χ0) is 17.3. The van der Waals surface area contributed by atoms with E-state index in [-0.39, 0.29) is 30.2 Å². The second-order valence-corrected chi connectivity index (χ2v) is 6.39. The Labute approximate surface area is 150 Å². The molecule has 1 aromatic rings. The summed E-state index contributed by atoms with van der Waals surface area (Å²) in [5.41, 5.74) is 0.415. The van der Waals surface area contributed by atoms with Gasteiger partial charge in [-0.25, -0.2) is 4.79 Å². The van der Waals surface area contributed by atoms with Crippen LogP contribution in [0.3, 0.4) is 0 Å². The highest BCUT2D eigenvalue weighted by atomic mass is 35.5. The van der Waals surface area contributed by atoms with Gasteiger partial charge in [0.2, 0.25) is 0 Å². The van der Waals surface area contributed by atoms with Gasteiger partial charge in [-0.1, -0.05) is 0 Å². The van der Waals surface area contributed by atoms with E-state index in [0.717, 1.165) is 12.8 Å². The molecule has 0 aliphatic carbocycles. The summed E-state index contributed by atoms with van der Waals surface area (Å²) in [4.78, 5) is 14.4. The summed E-state index contributed by atoms with van der Waals surface area (Å²) in [6, 6.07) is 5.91. The molecule has 2 fully saturated rings. The van der Waals surface area contributed by atoms with E-state index in [0.29, 0.717) is 17.8 Å². The third-order valence-electron chi connectivity index (χ3n) is 4.78. The van der Waals surface area contributed by atoms with Gasteiger partial charge in [-0.3, -0.25) is 0 Å². The van der Waals surface area contributed by atoms with Crippen LogP contribution in [0, 0.1) is 0 Å². The molecule has 0 radical (unpaired) electrons. The number of carbonyl (C=O) groups is 1. The van der Waals surface area contributed by atoms with Crippen molar-refractivity contribution in [1.82, 2.24) is 10.2 Å². The van der Waals surface area contributed by atoms with Crippen LogP contribution in [0.4, 0.5) is 23.7 Å². The van der Waals surface area contributed by atoms with Crippen LogP contribution < -0.4 is 15.4 Å². The van der Waals surface area contributed by atoms with Gasteiger partial charge in [0, 0.05) is 23.8 Å². The highest BCUT2D eigenvalue weighted by Gasteiger charge is 2.38. The number of nitrogens with one attached hydrogen (secondary N) is 2. The minimum atomic E-state index is -4.72. The van der Waals surface area contributed by atoms with Gasteiger partial charge in [0.25, 0.3) is 0 Å². The fraction of sp³-hybridized carbons (Fsp3) is 0.562. The summed E-state index contributed by atoms with van der Waals surface area (Å²) in [5, 5.41) is 5.59. The van der Waals surface area contributed by atoms with E-state index in [4.69, 9.17) is 0 Å². The zero-order valence-electron chi connectivity index (χ0n) is 13.7. The lowest BCUT2D eigenvalue weighted by Gasteiger charge is -2.36. The van der Waals surface area contributed by atoms with Crippen molar-refractivity contribution in [2.24, 2.45) is 0 Å². The number of nitrogens with zero attached hydrogens (tertiary/aromatic N) is 1. The normalized spacial score (nSPS) is 25.8. The number of amides is 2. The molecule has 3 rings (SSSR count). The lowest BCUT2D eigenvalue weighted by molar-refractivity contribution is -0.274. The van der Waals surface area contributed by atoms with Crippen molar-refractivity contribution in [1.29, 1.82) is 0 Å². The molecular weight excluding hydrogens is 359 g/mol. The standard InChI is InChI=1S/C16H20F3N3O2.ClH/c1-22-12-4-5-13(22)9-11(8-12)21-15(23)20-10-2-6-14(7-3-10)24-16(17,18)19;/h2-3,6-7,11-13H,4-5,8-9H2,1H3,(H2,20,21,23);1H. The number of piperidine rings is 1. The first-order chi connectivity index (χ1) is 11.3. The molecule has 2 atom stereocenters. The molecule has 2 saturated heterocycles. The smallest absolute Gasteiger partial charge is 0.406 e. The van der Waals surface area contributed by atoms with E-state index < -0.39 is 6.36 Å². The van der Waals surface area contributed by atoms with Crippen LogP contribution in [-0.4, -0.2) is 42.5 Å². The average Bonchev–Trinajstić information content (AvgIpc) is 2.70. The van der Waals surface area contributed by atoms with Gasteiger partial charge in [0.05, 0.1) is 0 Å². The highest BCUT2D eigenvalue weighted by Crippen LogP contribution is 2.34. The van der Waals surface area contributed by atoms with Gasteiger partial charge in [0.15, 0.2) is 0 Å². The van der Waals surface area contributed by atoms with Crippen LogP contribution in [0.25, 0.3) is 0 Å². The van der Waals surface area contributed by atoms with Gasteiger partial charge < -0.3 is 20.3 Å². The topological polar surface area (TPSA) is 53.6 Å². The number of halogens is 4. The molecule has 1 aromatic carbocycles. The quantitative estimate of drug-likeness (QED) is 0.841. The zero-order valence-corrected chi connectivity index (χ0v) is 14.5. The average molecular weight is 380 g/mol. The summed E-state index contributed by atoms with van der Waals surface area (Å²) in [6.07, 6.45) is -0.527. The molecule has 0 spiro atoms. The van der Waals surface area contributed by atoms with Crippen LogP contribution in [0.5, 0.6) is 5.75 Å². The Balaban J connectivity index is 0.00000225. The Bertz CT molecular complexity index is 583. The van der Waals surface area contributed by atoms with E-state index in [1.54, 1.807) is 0 Å². The number of hydrogen-bond donors (Lipinski definition) is 2. The van der Waals surface area contributed by atoms with Gasteiger partial charge in [-0.15, -0.1) is 25.6 Å². The first kappa shape index (κ1) is 19.7. The predicted octanol–water partition coefficient (Wildman–Crippen LogP) is 3.75. The fourth-order valence-corrected chi connectivity index (χ4v) is 3.62. The maximum absolute atomic E-state index is 12.1. The molecule has 2 aliphatic rings. The molecule has 2 unspecified atom stereocenters. The van der Waals surface area contributed by atoms with Crippen molar-refractivity contribution in [2.45, 2.75) is 50.2 Å². The number of ether oxygens (including phenoxy) is 1. The Kier molecular flexibility index (Phi) is 6.05. The monoisotopic (exact) mass is 379 g/mol. The second kappa shape index (κ2) is 7.70. The molecule has 5 nitrogen and oxygen atoms in total. The van der Waals surface area contributed by atoms with E-state index in [1.807, 2.05) is 0 Å². The number of rotatable bonds is 3. The van der Waals surface area contributed by atoms with E-state index in [9.17, 15) is 18.0 Å². The van der Waals surface area contributed by atoms with Gasteiger partial charge >= 0.3 is 12.4 Å². The highest BCUT2D eigenvalue weighted by molar-refractivity contribution is 5.89. The lowest BCUT2D eigenvalue weighted by Crippen LogP contribution is -2.49. The Morgan fingerprint density at radius 1 is 1.16 bits per heavy atom. The number of alkyl halides is 3. The van der Waals surface area contributed by atoms with Gasteiger partial charge in [-0.2, -0.15) is 0 Å². The van der Waals surface area contributed by atoms with E-state index in [1.165, 1.54) is 37.1 Å². The summed E-state index contributed by atoms with van der Waals surface area (Å²) < 4.78 is 40.1. The van der Waals surface area contributed by atoms with Crippen molar-refractivity contribution < 1.29 is 22.7 Å². The predicted molar refractivity (Wildman–Crippen MR) is 90.1 cm³/mol. The molecular formula is C16H21ClF3N3O2. The third-order valence-corrected chi connectivity index (χ3v) is 4.78. The SMILES string of the molecule is CN1C2CCC1CC(NC(=O)Nc1ccc(OC(F)(F)F)cc1)C2.Cl. The summed E-state index contributed by atoms with van der Waals surface area (Å²) in [6.45, 7) is 0. The maximum Gasteiger partial charge on any atom is 0.573 e. The van der Waals surface area contributed by atoms with E-state index in [2.05, 4.69) is 27.3 Å². The maximum atomic E-state index is 12.1. The number of anilines is 1. The van der Waals surface area contributed by atoms with Crippen LogP contribution in [0.15, 0.2) is 24.3 Å². The van der Waals surface area contributed by atoms with Crippen molar-refractivity contribution in [2.75, 3.05) is 12.4 Å². The first-order valence-electron chi connectivity index (χ1n) is 7.95. The number of urea groups is 1. The molecule has 140 valence electrons. The van der Waals surface area contributed by atoms with Crippen LogP contribution in [-0.2, 0) is 0 Å². The van der Waals surface area contributed by atoms with Crippen molar-refractivity contribution >= 4 is 24.1 Å². The van der Waals surface area contributed by atoms with Crippen molar-refractivity contribution in [3.8, 4) is 5.75 Å².